The van der Waals surface area contributed by atoms with Gasteiger partial charge in [-0.1, -0.05) is 0 Å². The highest BCUT2D eigenvalue weighted by Crippen LogP contribution is 2.11. The molecule has 2 rings (SSSR count). The van der Waals surface area contributed by atoms with Crippen LogP contribution in [0.25, 0.3) is 0 Å². The van der Waals surface area contributed by atoms with Gasteiger partial charge in [-0.3, -0.25) is 4.79 Å². The first-order valence-electron chi connectivity index (χ1n) is 6.33. The molecule has 1 saturated heterocycles. The lowest BCUT2D eigenvalue weighted by molar-refractivity contribution is -0.122. The molecule has 2 heterocycles. The van der Waals surface area contributed by atoms with Crippen LogP contribution < -0.4 is 10.6 Å². The molecule has 6 nitrogen and oxygen atoms in total. The lowest BCUT2D eigenvalue weighted by atomic mass is 10.2. The number of ether oxygens (including phenoxy) is 1. The van der Waals surface area contributed by atoms with Crippen LogP contribution in [0.4, 0.5) is 0 Å². The van der Waals surface area contributed by atoms with E-state index in [1.807, 2.05) is 0 Å². The molecule has 9 heteroatoms. The zero-order valence-electron chi connectivity index (χ0n) is 11.6. The van der Waals surface area contributed by atoms with Crippen LogP contribution in [0.3, 0.4) is 0 Å². The number of halogens is 2. The lowest BCUT2D eigenvalue weighted by Crippen LogP contribution is -2.39. The minimum Gasteiger partial charge on any atom is -0.461 e. The van der Waals surface area contributed by atoms with Gasteiger partial charge in [0.1, 0.15) is 5.01 Å². The number of thiazole rings is 1. The first-order chi connectivity index (χ1) is 9.20. The van der Waals surface area contributed by atoms with Gasteiger partial charge in [-0.25, -0.2) is 9.78 Å². The predicted octanol–water partition coefficient (Wildman–Crippen LogP) is 1.53. The van der Waals surface area contributed by atoms with Crippen LogP contribution in [0, 0.1) is 0 Å². The standard InChI is InChI=1S/C12H17N3O3S.2ClH/c1-2-18-12(17)9-7-19-10(15-9)6-14-11(16)8-4-3-5-13-8;;/h7-8,13H,2-6H2,1H3,(H,14,16);2*1H. The average Bonchev–Trinajstić information content (AvgIpc) is 3.07. The molecule has 1 aromatic rings. The zero-order chi connectivity index (χ0) is 13.7. The van der Waals surface area contributed by atoms with E-state index in [1.54, 1.807) is 12.3 Å². The summed E-state index contributed by atoms with van der Waals surface area (Å²) in [5.74, 6) is -0.431. The number of nitrogens with one attached hydrogen (secondary N) is 2. The molecule has 120 valence electrons. The van der Waals surface area contributed by atoms with Gasteiger partial charge in [0.25, 0.3) is 0 Å². The van der Waals surface area contributed by atoms with E-state index < -0.39 is 5.97 Å². The summed E-state index contributed by atoms with van der Waals surface area (Å²) in [6.07, 6.45) is 1.90. The summed E-state index contributed by atoms with van der Waals surface area (Å²) in [6, 6.07) is -0.0931. The summed E-state index contributed by atoms with van der Waals surface area (Å²) >= 11 is 1.34. The van der Waals surface area contributed by atoms with Crippen molar-refractivity contribution in [2.75, 3.05) is 13.2 Å². The fourth-order valence-electron chi connectivity index (χ4n) is 1.89. The Bertz CT molecular complexity index is 464. The molecule has 1 aliphatic heterocycles. The van der Waals surface area contributed by atoms with Crippen LogP contribution in [-0.4, -0.2) is 36.1 Å². The number of hydrogen-bond donors (Lipinski definition) is 2. The smallest absolute Gasteiger partial charge is 0.357 e. The van der Waals surface area contributed by atoms with Crippen LogP contribution in [-0.2, 0) is 16.1 Å². The summed E-state index contributed by atoms with van der Waals surface area (Å²) in [5, 5.41) is 8.30. The normalized spacial score (nSPS) is 16.5. The highest BCUT2D eigenvalue weighted by atomic mass is 35.5. The van der Waals surface area contributed by atoms with E-state index >= 15 is 0 Å². The Morgan fingerprint density at radius 3 is 2.90 bits per heavy atom. The van der Waals surface area contributed by atoms with Crippen molar-refractivity contribution in [3.8, 4) is 0 Å². The number of amides is 1. The Labute approximate surface area is 139 Å². The molecule has 0 aliphatic carbocycles. The van der Waals surface area contributed by atoms with E-state index in [0.29, 0.717) is 23.9 Å². The van der Waals surface area contributed by atoms with E-state index in [1.165, 1.54) is 11.3 Å². The maximum atomic E-state index is 11.8. The van der Waals surface area contributed by atoms with Gasteiger partial charge in [0.05, 0.1) is 19.2 Å². The second-order valence-electron chi connectivity index (χ2n) is 4.21. The van der Waals surface area contributed by atoms with Crippen molar-refractivity contribution in [2.24, 2.45) is 0 Å². The van der Waals surface area contributed by atoms with Gasteiger partial charge in [0.15, 0.2) is 5.69 Å². The minimum atomic E-state index is -0.422. The van der Waals surface area contributed by atoms with Gasteiger partial charge in [-0.05, 0) is 26.3 Å². The van der Waals surface area contributed by atoms with Crippen LogP contribution in [0.5, 0.6) is 0 Å². The second-order valence-corrected chi connectivity index (χ2v) is 5.16. The summed E-state index contributed by atoms with van der Waals surface area (Å²) in [5.41, 5.74) is 0.301. The molecule has 21 heavy (non-hydrogen) atoms. The van der Waals surface area contributed by atoms with E-state index in [9.17, 15) is 9.59 Å². The number of nitrogens with zero attached hydrogens (tertiary/aromatic N) is 1. The quantitative estimate of drug-likeness (QED) is 0.783. The average molecular weight is 356 g/mol. The molecule has 0 saturated carbocycles. The van der Waals surface area contributed by atoms with Crippen molar-refractivity contribution in [3.63, 3.8) is 0 Å². The molecule has 0 aromatic carbocycles. The maximum Gasteiger partial charge on any atom is 0.357 e. The lowest BCUT2D eigenvalue weighted by Gasteiger charge is -2.09. The number of esters is 1. The molecule has 0 spiro atoms. The van der Waals surface area contributed by atoms with Gasteiger partial charge in [-0.2, -0.15) is 0 Å². The van der Waals surface area contributed by atoms with Crippen molar-refractivity contribution in [1.82, 2.24) is 15.6 Å². The number of carbonyl (C=O) groups excluding carboxylic acids is 2. The third-order valence-corrected chi connectivity index (χ3v) is 3.68. The van der Waals surface area contributed by atoms with Crippen LogP contribution in [0.2, 0.25) is 0 Å². The van der Waals surface area contributed by atoms with Crippen molar-refractivity contribution in [3.05, 3.63) is 16.1 Å². The van der Waals surface area contributed by atoms with E-state index in [2.05, 4.69) is 15.6 Å². The Morgan fingerprint density at radius 1 is 1.52 bits per heavy atom. The van der Waals surface area contributed by atoms with E-state index in [-0.39, 0.29) is 36.8 Å². The minimum absolute atomic E-state index is 0. The summed E-state index contributed by atoms with van der Waals surface area (Å²) in [7, 11) is 0. The Kier molecular flexibility index (Phi) is 9.52. The molecule has 1 atom stereocenters. The van der Waals surface area contributed by atoms with Gasteiger partial charge < -0.3 is 15.4 Å². The number of aromatic nitrogens is 1. The van der Waals surface area contributed by atoms with E-state index in [0.717, 1.165) is 19.4 Å². The third-order valence-electron chi connectivity index (χ3n) is 2.83. The van der Waals surface area contributed by atoms with Gasteiger partial charge in [-0.15, -0.1) is 36.2 Å². The number of hydrogen-bond acceptors (Lipinski definition) is 6. The zero-order valence-corrected chi connectivity index (χ0v) is 14.0. The number of carbonyl (C=O) groups is 2. The molecule has 2 N–H and O–H groups in total. The van der Waals surface area contributed by atoms with E-state index in [4.69, 9.17) is 4.74 Å². The van der Waals surface area contributed by atoms with Crippen molar-refractivity contribution >= 4 is 48.0 Å². The molecule has 1 fully saturated rings. The Morgan fingerprint density at radius 2 is 2.29 bits per heavy atom. The molecule has 1 aliphatic rings. The van der Waals surface area contributed by atoms with Crippen LogP contribution >= 0.6 is 36.2 Å². The van der Waals surface area contributed by atoms with Crippen LogP contribution in [0.1, 0.15) is 35.3 Å². The third kappa shape index (κ3) is 5.78. The monoisotopic (exact) mass is 355 g/mol. The SMILES string of the molecule is CCOC(=O)c1csc(CNC(=O)C2CCCN2)n1.Cl.Cl. The Balaban J connectivity index is 0.00000200. The summed E-state index contributed by atoms with van der Waals surface area (Å²) in [6.45, 7) is 3.32. The fourth-order valence-corrected chi connectivity index (χ4v) is 2.59. The predicted molar refractivity (Wildman–Crippen MR) is 85.4 cm³/mol. The molecular weight excluding hydrogens is 337 g/mol. The first-order valence-corrected chi connectivity index (χ1v) is 7.21. The highest BCUT2D eigenvalue weighted by molar-refractivity contribution is 7.09. The number of rotatable bonds is 5. The molecule has 1 unspecified atom stereocenters. The molecule has 0 radical (unpaired) electrons. The summed E-state index contributed by atoms with van der Waals surface area (Å²) < 4.78 is 4.86. The van der Waals surface area contributed by atoms with Crippen molar-refractivity contribution in [2.45, 2.75) is 32.4 Å². The second kappa shape index (κ2) is 9.94. The molecule has 0 bridgehead atoms. The highest BCUT2D eigenvalue weighted by Gasteiger charge is 2.21. The first kappa shape index (κ1) is 20.1. The Hall–Kier alpha value is -0.890. The fraction of sp³-hybridized carbons (Fsp3) is 0.583. The van der Waals surface area contributed by atoms with Gasteiger partial charge >= 0.3 is 5.97 Å². The molecular formula is C12H19Cl2N3O3S. The summed E-state index contributed by atoms with van der Waals surface area (Å²) in [4.78, 5) is 27.3. The van der Waals surface area contributed by atoms with Gasteiger partial charge in [0.2, 0.25) is 5.91 Å². The topological polar surface area (TPSA) is 80.3 Å². The largest absolute Gasteiger partial charge is 0.461 e. The maximum absolute atomic E-state index is 11.8. The molecule has 1 aromatic heterocycles. The van der Waals surface area contributed by atoms with Gasteiger partial charge in [0, 0.05) is 5.38 Å². The van der Waals surface area contributed by atoms with Crippen LogP contribution in [0.15, 0.2) is 5.38 Å². The van der Waals surface area contributed by atoms with Crippen molar-refractivity contribution in [1.29, 1.82) is 0 Å². The molecule has 1 amide bonds. The van der Waals surface area contributed by atoms with Crippen molar-refractivity contribution < 1.29 is 14.3 Å².